The van der Waals surface area contributed by atoms with Gasteiger partial charge >= 0.3 is 0 Å². The van der Waals surface area contributed by atoms with Gasteiger partial charge in [0, 0.05) is 12.1 Å². The zero-order chi connectivity index (χ0) is 17.2. The highest BCUT2D eigenvalue weighted by Crippen LogP contribution is 2.31. The molecule has 0 saturated heterocycles. The van der Waals surface area contributed by atoms with Crippen molar-refractivity contribution in [2.45, 2.75) is 18.7 Å². The Balaban J connectivity index is 2.48. The first-order valence-electron chi connectivity index (χ1n) is 6.67. The molecule has 0 aromatic heterocycles. The molecule has 0 amide bonds. The topological polar surface area (TPSA) is 98.5 Å². The summed E-state index contributed by atoms with van der Waals surface area (Å²) in [5.41, 5.74) is 1.31. The van der Waals surface area contributed by atoms with Crippen molar-refractivity contribution < 1.29 is 18.1 Å². The van der Waals surface area contributed by atoms with E-state index in [1.54, 1.807) is 19.1 Å². The summed E-state index contributed by atoms with van der Waals surface area (Å²) in [4.78, 5) is 10.4. The highest BCUT2D eigenvalue weighted by Gasteiger charge is 2.20. The van der Waals surface area contributed by atoms with Crippen LogP contribution in [-0.4, -0.2) is 20.5 Å². The molecule has 0 unspecified atom stereocenters. The van der Waals surface area contributed by atoms with Gasteiger partial charge in [-0.15, -0.1) is 0 Å². The minimum absolute atomic E-state index is 0.0154. The molecule has 0 fully saturated rings. The molecule has 2 aromatic carbocycles. The first-order valence-corrected chi connectivity index (χ1v) is 8.15. The van der Waals surface area contributed by atoms with Crippen LogP contribution in [0.25, 0.3) is 0 Å². The van der Waals surface area contributed by atoms with E-state index in [4.69, 9.17) is 4.74 Å². The first kappa shape index (κ1) is 16.8. The van der Waals surface area contributed by atoms with Crippen molar-refractivity contribution in [1.82, 2.24) is 0 Å². The number of nitrogens with one attached hydrogen (secondary N) is 1. The van der Waals surface area contributed by atoms with E-state index < -0.39 is 14.9 Å². The molecule has 0 aliphatic heterocycles. The quantitative estimate of drug-likeness (QED) is 0.668. The molecule has 0 bridgehead atoms. The van der Waals surface area contributed by atoms with Crippen LogP contribution in [0.4, 0.5) is 11.4 Å². The average molecular weight is 336 g/mol. The monoisotopic (exact) mass is 336 g/mol. The van der Waals surface area contributed by atoms with Crippen molar-refractivity contribution in [3.05, 3.63) is 57.6 Å². The Hall–Kier alpha value is -2.61. The maximum atomic E-state index is 12.5. The Labute approximate surface area is 134 Å². The minimum atomic E-state index is -3.89. The van der Waals surface area contributed by atoms with Crippen LogP contribution < -0.4 is 9.46 Å². The zero-order valence-corrected chi connectivity index (χ0v) is 13.7. The summed E-state index contributed by atoms with van der Waals surface area (Å²) in [5.74, 6) is 0.198. The molecule has 8 heteroatoms. The van der Waals surface area contributed by atoms with Gasteiger partial charge < -0.3 is 4.74 Å². The van der Waals surface area contributed by atoms with Crippen LogP contribution >= 0.6 is 0 Å². The van der Waals surface area contributed by atoms with Crippen LogP contribution in [0.15, 0.2) is 41.3 Å². The van der Waals surface area contributed by atoms with Crippen LogP contribution in [0.2, 0.25) is 0 Å². The average Bonchev–Trinajstić information content (AvgIpc) is 2.46. The van der Waals surface area contributed by atoms with Crippen molar-refractivity contribution in [2.24, 2.45) is 0 Å². The Kier molecular flexibility index (Phi) is 4.55. The second-order valence-electron chi connectivity index (χ2n) is 5.02. The maximum absolute atomic E-state index is 12.5. The molecule has 0 radical (unpaired) electrons. The van der Waals surface area contributed by atoms with E-state index in [9.17, 15) is 18.5 Å². The molecule has 7 nitrogen and oxygen atoms in total. The van der Waals surface area contributed by atoms with Gasteiger partial charge in [-0.2, -0.15) is 0 Å². The van der Waals surface area contributed by atoms with Gasteiger partial charge in [0.05, 0.1) is 22.6 Å². The fourth-order valence-electron chi connectivity index (χ4n) is 2.19. The summed E-state index contributed by atoms with van der Waals surface area (Å²) >= 11 is 0. The summed E-state index contributed by atoms with van der Waals surface area (Å²) in [6, 6.07) is 8.65. The highest BCUT2D eigenvalue weighted by atomic mass is 32.2. The number of ether oxygens (including phenoxy) is 1. The third-order valence-corrected chi connectivity index (χ3v) is 4.78. The lowest BCUT2D eigenvalue weighted by atomic mass is 10.2. The van der Waals surface area contributed by atoms with Gasteiger partial charge in [-0.3, -0.25) is 14.8 Å². The van der Waals surface area contributed by atoms with Crippen molar-refractivity contribution in [3.63, 3.8) is 0 Å². The highest BCUT2D eigenvalue weighted by molar-refractivity contribution is 7.92. The van der Waals surface area contributed by atoms with Gasteiger partial charge in [-0.05, 0) is 31.5 Å². The number of sulfonamides is 1. The fourth-order valence-corrected chi connectivity index (χ4v) is 3.48. The SMILES string of the molecule is COc1ccc([N+](=O)[O-])cc1NS(=O)(=O)c1ccc(C)cc1C. The summed E-state index contributed by atoms with van der Waals surface area (Å²) < 4.78 is 32.5. The zero-order valence-electron chi connectivity index (χ0n) is 12.9. The van der Waals surface area contributed by atoms with Crippen molar-refractivity contribution in [1.29, 1.82) is 0 Å². The van der Waals surface area contributed by atoms with Gasteiger partial charge in [-0.25, -0.2) is 8.42 Å². The largest absolute Gasteiger partial charge is 0.495 e. The van der Waals surface area contributed by atoms with Gasteiger partial charge in [0.15, 0.2) is 0 Å². The molecule has 0 atom stereocenters. The predicted octanol–water partition coefficient (Wildman–Crippen LogP) is 3.02. The lowest BCUT2D eigenvalue weighted by Crippen LogP contribution is -2.15. The minimum Gasteiger partial charge on any atom is -0.495 e. The number of nitro groups is 1. The third kappa shape index (κ3) is 3.59. The Morgan fingerprint density at radius 1 is 1.13 bits per heavy atom. The van der Waals surface area contributed by atoms with E-state index in [0.717, 1.165) is 11.6 Å². The van der Waals surface area contributed by atoms with E-state index in [0.29, 0.717) is 5.56 Å². The van der Waals surface area contributed by atoms with Crippen LogP contribution in [0, 0.1) is 24.0 Å². The molecule has 23 heavy (non-hydrogen) atoms. The van der Waals surface area contributed by atoms with Crippen molar-refractivity contribution in [3.8, 4) is 5.75 Å². The lowest BCUT2D eigenvalue weighted by molar-refractivity contribution is -0.384. The standard InChI is InChI=1S/C15H16N2O5S/c1-10-4-7-15(11(2)8-10)23(20,21)16-13-9-12(17(18)19)5-6-14(13)22-3/h4-9,16H,1-3H3. The van der Waals surface area contributed by atoms with Crippen LogP contribution in [0.5, 0.6) is 5.75 Å². The number of nitrogens with zero attached hydrogens (tertiary/aromatic N) is 1. The number of hydrogen-bond donors (Lipinski definition) is 1. The lowest BCUT2D eigenvalue weighted by Gasteiger charge is -2.13. The van der Waals surface area contributed by atoms with Gasteiger partial charge in [0.1, 0.15) is 5.75 Å². The van der Waals surface area contributed by atoms with Crippen molar-refractivity contribution >= 4 is 21.4 Å². The van der Waals surface area contributed by atoms with Crippen LogP contribution in [0.3, 0.4) is 0 Å². The molecule has 0 saturated carbocycles. The summed E-state index contributed by atoms with van der Waals surface area (Å²) in [6.07, 6.45) is 0. The summed E-state index contributed by atoms with van der Waals surface area (Å²) in [7, 11) is -2.53. The normalized spacial score (nSPS) is 11.1. The van der Waals surface area contributed by atoms with Gasteiger partial charge in [-0.1, -0.05) is 17.7 Å². The molecule has 0 aliphatic rings. The smallest absolute Gasteiger partial charge is 0.271 e. The van der Waals surface area contributed by atoms with Crippen molar-refractivity contribution in [2.75, 3.05) is 11.8 Å². The molecule has 2 rings (SSSR count). The summed E-state index contributed by atoms with van der Waals surface area (Å²) in [6.45, 7) is 3.55. The maximum Gasteiger partial charge on any atom is 0.271 e. The van der Waals surface area contributed by atoms with Gasteiger partial charge in [0.25, 0.3) is 15.7 Å². The number of methoxy groups -OCH3 is 1. The van der Waals surface area contributed by atoms with E-state index in [2.05, 4.69) is 4.72 Å². The number of rotatable bonds is 5. The Morgan fingerprint density at radius 3 is 2.39 bits per heavy atom. The van der Waals surface area contributed by atoms with E-state index in [-0.39, 0.29) is 22.0 Å². The van der Waals surface area contributed by atoms with Gasteiger partial charge in [0.2, 0.25) is 0 Å². The number of benzene rings is 2. The molecule has 0 spiro atoms. The van der Waals surface area contributed by atoms with E-state index in [1.807, 2.05) is 6.92 Å². The molecule has 122 valence electrons. The molecule has 0 heterocycles. The number of hydrogen-bond acceptors (Lipinski definition) is 5. The first-order chi connectivity index (χ1) is 10.7. The molecular formula is C15H16N2O5S. The second kappa shape index (κ2) is 6.25. The molecule has 1 N–H and O–H groups in total. The molecule has 2 aromatic rings. The Bertz CT molecular complexity index is 862. The number of aryl methyl sites for hydroxylation is 2. The fraction of sp³-hybridized carbons (Fsp3) is 0.200. The number of non-ortho nitro benzene ring substituents is 1. The Morgan fingerprint density at radius 2 is 1.83 bits per heavy atom. The third-order valence-electron chi connectivity index (χ3n) is 3.26. The summed E-state index contributed by atoms with van der Waals surface area (Å²) in [5, 5.41) is 10.9. The van der Waals surface area contributed by atoms with Crippen LogP contribution in [-0.2, 0) is 10.0 Å². The van der Waals surface area contributed by atoms with E-state index in [1.165, 1.54) is 25.3 Å². The molecular weight excluding hydrogens is 320 g/mol. The van der Waals surface area contributed by atoms with Crippen LogP contribution in [0.1, 0.15) is 11.1 Å². The number of nitro benzene ring substituents is 1. The second-order valence-corrected chi connectivity index (χ2v) is 6.67. The number of anilines is 1. The van der Waals surface area contributed by atoms with E-state index >= 15 is 0 Å². The predicted molar refractivity (Wildman–Crippen MR) is 86.4 cm³/mol. The molecule has 0 aliphatic carbocycles.